The maximum atomic E-state index is 13.7. The first-order chi connectivity index (χ1) is 6.24. The van der Waals surface area contributed by atoms with Crippen molar-refractivity contribution < 1.29 is 9.13 Å². The molecule has 0 spiro atoms. The van der Waals surface area contributed by atoms with Gasteiger partial charge >= 0.3 is 0 Å². The minimum atomic E-state index is -1.26. The van der Waals surface area contributed by atoms with Crippen molar-refractivity contribution in [2.24, 2.45) is 5.73 Å². The number of rotatable bonds is 2. The van der Waals surface area contributed by atoms with Crippen LogP contribution in [-0.4, -0.2) is 13.2 Å². The molecule has 13 heavy (non-hydrogen) atoms. The monoisotopic (exact) mass is 181 g/mol. The van der Waals surface area contributed by atoms with Crippen LogP contribution in [0.5, 0.6) is 0 Å². The summed E-state index contributed by atoms with van der Waals surface area (Å²) in [5.74, 6) is 0. The van der Waals surface area contributed by atoms with Crippen LogP contribution in [0.2, 0.25) is 0 Å². The molecule has 0 aromatic heterocycles. The first-order valence-corrected chi connectivity index (χ1v) is 4.31. The molecule has 0 radical (unpaired) electrons. The highest BCUT2D eigenvalue weighted by Crippen LogP contribution is 2.33. The normalized spacial score (nSPS) is 19.5. The molecule has 0 bridgehead atoms. The van der Waals surface area contributed by atoms with E-state index in [9.17, 15) is 4.39 Å². The van der Waals surface area contributed by atoms with Crippen LogP contribution >= 0.6 is 0 Å². The van der Waals surface area contributed by atoms with E-state index in [4.69, 9.17) is 10.5 Å². The van der Waals surface area contributed by atoms with Gasteiger partial charge in [0.15, 0.2) is 5.67 Å². The molecule has 1 aliphatic heterocycles. The molecule has 0 atom stereocenters. The summed E-state index contributed by atoms with van der Waals surface area (Å²) in [4.78, 5) is 0. The van der Waals surface area contributed by atoms with Crippen molar-refractivity contribution in [2.75, 3.05) is 13.2 Å². The van der Waals surface area contributed by atoms with Gasteiger partial charge in [-0.25, -0.2) is 4.39 Å². The summed E-state index contributed by atoms with van der Waals surface area (Å²) in [6.07, 6.45) is 0. The van der Waals surface area contributed by atoms with E-state index >= 15 is 0 Å². The third-order valence-corrected chi connectivity index (χ3v) is 2.37. The van der Waals surface area contributed by atoms with Gasteiger partial charge in [-0.2, -0.15) is 0 Å². The van der Waals surface area contributed by atoms with Crippen molar-refractivity contribution in [3.63, 3.8) is 0 Å². The Kier molecular flexibility index (Phi) is 2.06. The zero-order valence-corrected chi connectivity index (χ0v) is 7.29. The van der Waals surface area contributed by atoms with Crippen LogP contribution in [-0.2, 0) is 17.0 Å². The van der Waals surface area contributed by atoms with Gasteiger partial charge < -0.3 is 10.5 Å². The molecule has 3 heteroatoms. The summed E-state index contributed by atoms with van der Waals surface area (Å²) < 4.78 is 18.6. The van der Waals surface area contributed by atoms with Crippen LogP contribution in [0.3, 0.4) is 0 Å². The highest BCUT2D eigenvalue weighted by molar-refractivity contribution is 5.28. The van der Waals surface area contributed by atoms with Crippen molar-refractivity contribution in [1.29, 1.82) is 0 Å². The van der Waals surface area contributed by atoms with Crippen LogP contribution in [0.4, 0.5) is 4.39 Å². The fraction of sp³-hybridized carbons (Fsp3) is 0.400. The molecular weight excluding hydrogens is 169 g/mol. The molecule has 70 valence electrons. The average Bonchev–Trinajstić information content (AvgIpc) is 2.14. The van der Waals surface area contributed by atoms with Crippen LogP contribution in [0, 0.1) is 0 Å². The van der Waals surface area contributed by atoms with E-state index in [1.165, 1.54) is 0 Å². The van der Waals surface area contributed by atoms with Gasteiger partial charge in [-0.1, -0.05) is 24.3 Å². The van der Waals surface area contributed by atoms with E-state index in [1.54, 1.807) is 12.1 Å². The molecule has 0 amide bonds. The number of hydrogen-bond acceptors (Lipinski definition) is 2. The van der Waals surface area contributed by atoms with E-state index in [-0.39, 0.29) is 13.2 Å². The molecule has 2 nitrogen and oxygen atoms in total. The van der Waals surface area contributed by atoms with E-state index in [0.717, 1.165) is 5.56 Å². The summed E-state index contributed by atoms with van der Waals surface area (Å²) in [6, 6.07) is 7.28. The average molecular weight is 181 g/mol. The lowest BCUT2D eigenvalue weighted by Gasteiger charge is -2.34. The van der Waals surface area contributed by atoms with Crippen molar-refractivity contribution in [2.45, 2.75) is 12.2 Å². The number of ether oxygens (including phenoxy) is 1. The quantitative estimate of drug-likeness (QED) is 0.747. The third kappa shape index (κ3) is 1.45. The van der Waals surface area contributed by atoms with Gasteiger partial charge in [0.1, 0.15) is 0 Å². The zero-order valence-electron chi connectivity index (χ0n) is 7.29. The van der Waals surface area contributed by atoms with E-state index < -0.39 is 5.67 Å². The van der Waals surface area contributed by atoms with Crippen molar-refractivity contribution in [3.8, 4) is 0 Å². The first-order valence-electron chi connectivity index (χ1n) is 4.31. The second-order valence-corrected chi connectivity index (χ2v) is 3.36. The molecular formula is C10H12FNO. The minimum absolute atomic E-state index is 0.176. The molecule has 0 unspecified atom stereocenters. The Labute approximate surface area is 76.5 Å². The molecule has 1 heterocycles. The largest absolute Gasteiger partial charge is 0.374 e. The number of hydrogen-bond donors (Lipinski definition) is 1. The predicted molar refractivity (Wildman–Crippen MR) is 47.9 cm³/mol. The Morgan fingerprint density at radius 2 is 1.92 bits per heavy atom. The van der Waals surface area contributed by atoms with Gasteiger partial charge in [0.2, 0.25) is 0 Å². The van der Waals surface area contributed by atoms with Crippen LogP contribution in [0.25, 0.3) is 0 Å². The van der Waals surface area contributed by atoms with Crippen molar-refractivity contribution in [3.05, 3.63) is 35.4 Å². The van der Waals surface area contributed by atoms with Gasteiger partial charge in [0.05, 0.1) is 13.2 Å². The molecule has 2 rings (SSSR count). The summed E-state index contributed by atoms with van der Waals surface area (Å²) in [6.45, 7) is 0.847. The molecule has 2 N–H and O–H groups in total. The second-order valence-electron chi connectivity index (χ2n) is 3.36. The molecule has 1 saturated heterocycles. The zero-order chi connectivity index (χ0) is 9.31. The van der Waals surface area contributed by atoms with E-state index in [0.29, 0.717) is 12.1 Å². The van der Waals surface area contributed by atoms with E-state index in [1.807, 2.05) is 12.1 Å². The van der Waals surface area contributed by atoms with Gasteiger partial charge in [0, 0.05) is 6.54 Å². The predicted octanol–water partition coefficient (Wildman–Crippen LogP) is 1.34. The first kappa shape index (κ1) is 8.66. The molecule has 1 aromatic rings. The summed E-state index contributed by atoms with van der Waals surface area (Å²) >= 11 is 0. The fourth-order valence-electron chi connectivity index (χ4n) is 1.39. The Morgan fingerprint density at radius 1 is 1.31 bits per heavy atom. The van der Waals surface area contributed by atoms with Gasteiger partial charge in [-0.15, -0.1) is 0 Å². The molecule has 1 aliphatic rings. The molecule has 0 saturated carbocycles. The topological polar surface area (TPSA) is 35.2 Å². The smallest absolute Gasteiger partial charge is 0.182 e. The Bertz CT molecular complexity index is 292. The standard InChI is InChI=1S/C10H12FNO/c11-10(6-13-7-10)9-3-1-8(5-12)2-4-9/h1-4H,5-7,12H2. The maximum absolute atomic E-state index is 13.7. The molecule has 1 fully saturated rings. The highest BCUT2D eigenvalue weighted by atomic mass is 19.1. The summed E-state index contributed by atoms with van der Waals surface area (Å²) in [5, 5.41) is 0. The van der Waals surface area contributed by atoms with Gasteiger partial charge in [0.25, 0.3) is 0 Å². The highest BCUT2D eigenvalue weighted by Gasteiger charge is 2.40. The molecule has 0 aliphatic carbocycles. The van der Waals surface area contributed by atoms with Crippen LogP contribution in [0.15, 0.2) is 24.3 Å². The number of halogens is 1. The molecule has 1 aromatic carbocycles. The van der Waals surface area contributed by atoms with Gasteiger partial charge in [-0.05, 0) is 11.1 Å². The minimum Gasteiger partial charge on any atom is -0.374 e. The second kappa shape index (κ2) is 3.09. The van der Waals surface area contributed by atoms with Crippen LogP contribution in [0.1, 0.15) is 11.1 Å². The number of nitrogens with two attached hydrogens (primary N) is 1. The van der Waals surface area contributed by atoms with Crippen LogP contribution < -0.4 is 5.73 Å². The lowest BCUT2D eigenvalue weighted by atomic mass is 9.93. The lowest BCUT2D eigenvalue weighted by molar-refractivity contribution is -0.135. The third-order valence-electron chi connectivity index (χ3n) is 2.37. The summed E-state index contributed by atoms with van der Waals surface area (Å²) in [7, 11) is 0. The Morgan fingerprint density at radius 3 is 2.31 bits per heavy atom. The number of benzene rings is 1. The van der Waals surface area contributed by atoms with Gasteiger partial charge in [-0.3, -0.25) is 0 Å². The van der Waals surface area contributed by atoms with E-state index in [2.05, 4.69) is 0 Å². The maximum Gasteiger partial charge on any atom is 0.182 e. The number of alkyl halides is 1. The summed E-state index contributed by atoms with van der Waals surface area (Å²) in [5.41, 5.74) is 5.89. The lowest BCUT2D eigenvalue weighted by Crippen LogP contribution is -2.42. The van der Waals surface area contributed by atoms with Crippen molar-refractivity contribution in [1.82, 2.24) is 0 Å². The van der Waals surface area contributed by atoms with Crippen molar-refractivity contribution >= 4 is 0 Å². The fourth-order valence-corrected chi connectivity index (χ4v) is 1.39. The SMILES string of the molecule is NCc1ccc(C2(F)COC2)cc1. The Balaban J connectivity index is 2.22. The Hall–Kier alpha value is -0.930.